The van der Waals surface area contributed by atoms with Crippen molar-refractivity contribution in [3.63, 3.8) is 0 Å². The Morgan fingerprint density at radius 3 is 2.29 bits per heavy atom. The van der Waals surface area contributed by atoms with Crippen LogP contribution in [0.1, 0.15) is 25.3 Å². The molecule has 0 amide bonds. The van der Waals surface area contributed by atoms with Gasteiger partial charge in [-0.2, -0.15) is 0 Å². The van der Waals surface area contributed by atoms with Crippen molar-refractivity contribution in [2.45, 2.75) is 32.2 Å². The molecule has 0 heterocycles. The van der Waals surface area contributed by atoms with Gasteiger partial charge in [-0.05, 0) is 43.5 Å². The molecule has 2 rings (SSSR count). The van der Waals surface area contributed by atoms with Crippen molar-refractivity contribution in [2.75, 3.05) is 13.2 Å². The zero-order chi connectivity index (χ0) is 14.8. The van der Waals surface area contributed by atoms with E-state index in [2.05, 4.69) is 42.6 Å². The summed E-state index contributed by atoms with van der Waals surface area (Å²) >= 11 is 0. The van der Waals surface area contributed by atoms with Gasteiger partial charge in [0.25, 0.3) is 0 Å². The van der Waals surface area contributed by atoms with Crippen LogP contribution in [0, 0.1) is 0 Å². The lowest BCUT2D eigenvalue weighted by molar-refractivity contribution is 0.256. The molecular weight excluding hydrogens is 258 g/mol. The molecule has 2 aromatic carbocycles. The Morgan fingerprint density at radius 2 is 1.62 bits per heavy atom. The van der Waals surface area contributed by atoms with Crippen molar-refractivity contribution >= 4 is 0 Å². The number of para-hydroxylation sites is 1. The zero-order valence-corrected chi connectivity index (χ0v) is 12.8. The Labute approximate surface area is 128 Å². The van der Waals surface area contributed by atoms with E-state index in [0.29, 0.717) is 6.04 Å². The van der Waals surface area contributed by atoms with E-state index in [1.807, 2.05) is 30.3 Å². The first kappa shape index (κ1) is 15.6. The van der Waals surface area contributed by atoms with Crippen molar-refractivity contribution in [1.29, 1.82) is 0 Å². The van der Waals surface area contributed by atoms with Gasteiger partial charge in [-0.25, -0.2) is 0 Å². The minimum atomic E-state index is 0.416. The summed E-state index contributed by atoms with van der Waals surface area (Å²) in [6, 6.07) is 21.1. The normalized spacial score (nSPS) is 12.0. The predicted octanol–water partition coefficient (Wildman–Crippen LogP) is 4.07. The van der Waals surface area contributed by atoms with Crippen LogP contribution in [-0.2, 0) is 6.42 Å². The Bertz CT molecular complexity index is 483. The maximum absolute atomic E-state index is 5.86. The van der Waals surface area contributed by atoms with Crippen LogP contribution in [0.25, 0.3) is 0 Å². The minimum absolute atomic E-state index is 0.416. The molecule has 112 valence electrons. The molecule has 1 unspecified atom stereocenters. The summed E-state index contributed by atoms with van der Waals surface area (Å²) in [5, 5.41) is 3.51. The second-order valence-corrected chi connectivity index (χ2v) is 5.26. The summed E-state index contributed by atoms with van der Waals surface area (Å²) in [7, 11) is 0. The second-order valence-electron chi connectivity index (χ2n) is 5.26. The van der Waals surface area contributed by atoms with E-state index in [-0.39, 0.29) is 0 Å². The molecule has 2 aromatic rings. The number of likely N-dealkylation sites (N-methyl/N-ethyl adjacent to an activating group) is 1. The van der Waals surface area contributed by atoms with Crippen LogP contribution in [0.15, 0.2) is 60.7 Å². The summed E-state index contributed by atoms with van der Waals surface area (Å²) in [4.78, 5) is 0. The van der Waals surface area contributed by atoms with Gasteiger partial charge in [0.15, 0.2) is 0 Å². The molecule has 0 saturated heterocycles. The molecule has 0 radical (unpaired) electrons. The van der Waals surface area contributed by atoms with Gasteiger partial charge in [0.05, 0.1) is 0 Å². The molecule has 2 nitrogen and oxygen atoms in total. The fourth-order valence-electron chi connectivity index (χ4n) is 2.44. The van der Waals surface area contributed by atoms with Crippen LogP contribution in [0.4, 0.5) is 0 Å². The summed E-state index contributed by atoms with van der Waals surface area (Å²) in [6.45, 7) is 3.85. The lowest BCUT2D eigenvalue weighted by Gasteiger charge is -2.18. The van der Waals surface area contributed by atoms with Gasteiger partial charge in [0, 0.05) is 6.04 Å². The number of hydrogen-bond acceptors (Lipinski definition) is 2. The van der Waals surface area contributed by atoms with E-state index < -0.39 is 0 Å². The first-order valence-electron chi connectivity index (χ1n) is 7.83. The highest BCUT2D eigenvalue weighted by Crippen LogP contribution is 2.11. The van der Waals surface area contributed by atoms with Gasteiger partial charge in [-0.15, -0.1) is 0 Å². The molecule has 21 heavy (non-hydrogen) atoms. The van der Waals surface area contributed by atoms with Crippen molar-refractivity contribution in [1.82, 2.24) is 5.32 Å². The molecule has 0 aromatic heterocycles. The van der Waals surface area contributed by atoms with Gasteiger partial charge in [0.1, 0.15) is 12.4 Å². The molecule has 0 saturated carbocycles. The van der Waals surface area contributed by atoms with Crippen LogP contribution < -0.4 is 10.1 Å². The van der Waals surface area contributed by atoms with E-state index in [1.165, 1.54) is 12.0 Å². The monoisotopic (exact) mass is 283 g/mol. The largest absolute Gasteiger partial charge is 0.492 e. The van der Waals surface area contributed by atoms with Crippen molar-refractivity contribution in [3.05, 3.63) is 66.2 Å². The zero-order valence-electron chi connectivity index (χ0n) is 12.8. The third-order valence-corrected chi connectivity index (χ3v) is 3.55. The lowest BCUT2D eigenvalue weighted by atomic mass is 10.1. The average Bonchev–Trinajstić information content (AvgIpc) is 2.54. The maximum Gasteiger partial charge on any atom is 0.119 e. The molecule has 0 aliphatic rings. The molecule has 0 aliphatic heterocycles. The van der Waals surface area contributed by atoms with Gasteiger partial charge >= 0.3 is 0 Å². The lowest BCUT2D eigenvalue weighted by Crippen LogP contribution is -2.34. The highest BCUT2D eigenvalue weighted by atomic mass is 16.5. The van der Waals surface area contributed by atoms with Gasteiger partial charge in [0.2, 0.25) is 0 Å². The SMILES string of the molecule is CCNC(CCCc1ccccc1)COc1ccccc1. The standard InChI is InChI=1S/C19H25NO/c1-2-20-18(16-21-19-14-7-4-8-15-19)13-9-12-17-10-5-3-6-11-17/h3-8,10-11,14-15,18,20H,2,9,12-13,16H2,1H3. The fraction of sp³-hybridized carbons (Fsp3) is 0.368. The number of ether oxygens (including phenoxy) is 1. The number of nitrogens with one attached hydrogen (secondary N) is 1. The quantitative estimate of drug-likeness (QED) is 0.749. The Hall–Kier alpha value is -1.80. The molecular formula is C19H25NO. The van der Waals surface area contributed by atoms with E-state index in [1.54, 1.807) is 0 Å². The summed E-state index contributed by atoms with van der Waals surface area (Å²) in [6.07, 6.45) is 3.45. The number of rotatable bonds is 9. The molecule has 0 aliphatic carbocycles. The van der Waals surface area contributed by atoms with Crippen LogP contribution >= 0.6 is 0 Å². The maximum atomic E-state index is 5.86. The van der Waals surface area contributed by atoms with Crippen LogP contribution in [0.2, 0.25) is 0 Å². The van der Waals surface area contributed by atoms with E-state index in [9.17, 15) is 0 Å². The average molecular weight is 283 g/mol. The summed E-state index contributed by atoms with van der Waals surface area (Å²) < 4.78 is 5.86. The molecule has 0 spiro atoms. The van der Waals surface area contributed by atoms with Crippen LogP contribution in [0.3, 0.4) is 0 Å². The Balaban J connectivity index is 1.73. The fourth-order valence-corrected chi connectivity index (χ4v) is 2.44. The van der Waals surface area contributed by atoms with Crippen molar-refractivity contribution < 1.29 is 4.74 Å². The van der Waals surface area contributed by atoms with Crippen molar-refractivity contribution in [3.8, 4) is 5.75 Å². The summed E-state index contributed by atoms with van der Waals surface area (Å²) in [5.41, 5.74) is 1.41. The minimum Gasteiger partial charge on any atom is -0.492 e. The number of hydrogen-bond donors (Lipinski definition) is 1. The van der Waals surface area contributed by atoms with Crippen molar-refractivity contribution in [2.24, 2.45) is 0 Å². The molecule has 0 fully saturated rings. The van der Waals surface area contributed by atoms with E-state index in [4.69, 9.17) is 4.74 Å². The van der Waals surface area contributed by atoms with Gasteiger partial charge in [-0.1, -0.05) is 55.5 Å². The van der Waals surface area contributed by atoms with E-state index >= 15 is 0 Å². The Morgan fingerprint density at radius 1 is 0.952 bits per heavy atom. The summed E-state index contributed by atoms with van der Waals surface area (Å²) in [5.74, 6) is 0.948. The highest BCUT2D eigenvalue weighted by Gasteiger charge is 2.08. The number of aryl methyl sites for hydroxylation is 1. The van der Waals surface area contributed by atoms with Crippen LogP contribution in [0.5, 0.6) is 5.75 Å². The van der Waals surface area contributed by atoms with E-state index in [0.717, 1.165) is 31.7 Å². The smallest absolute Gasteiger partial charge is 0.119 e. The Kier molecular flexibility index (Phi) is 6.82. The van der Waals surface area contributed by atoms with Crippen LogP contribution in [-0.4, -0.2) is 19.2 Å². The third kappa shape index (κ3) is 6.01. The first-order valence-corrected chi connectivity index (χ1v) is 7.83. The molecule has 1 atom stereocenters. The van der Waals surface area contributed by atoms with Gasteiger partial charge in [-0.3, -0.25) is 0 Å². The molecule has 2 heteroatoms. The molecule has 1 N–H and O–H groups in total. The second kappa shape index (κ2) is 9.19. The predicted molar refractivity (Wildman–Crippen MR) is 88.8 cm³/mol. The van der Waals surface area contributed by atoms with Gasteiger partial charge < -0.3 is 10.1 Å². The topological polar surface area (TPSA) is 21.3 Å². The highest BCUT2D eigenvalue weighted by molar-refractivity contribution is 5.21. The third-order valence-electron chi connectivity index (χ3n) is 3.55. The molecule has 0 bridgehead atoms. The number of benzene rings is 2. The first-order chi connectivity index (χ1) is 10.4.